The van der Waals surface area contributed by atoms with E-state index in [-0.39, 0.29) is 11.8 Å². The van der Waals surface area contributed by atoms with E-state index >= 15 is 0 Å². The van der Waals surface area contributed by atoms with Crippen molar-refractivity contribution in [3.63, 3.8) is 0 Å². The standard InChI is InChI=1S/C15H18N2O2/c1-12(2)15(18)17(11-14-7-5-9-19-14)10-13-6-3-4-8-16-13/h3-9,12H,10-11H2,1-2H3. The fourth-order valence-electron chi connectivity index (χ4n) is 1.85. The highest BCUT2D eigenvalue weighted by Gasteiger charge is 2.19. The molecule has 2 aromatic heterocycles. The van der Waals surface area contributed by atoms with Gasteiger partial charge in [0.2, 0.25) is 5.91 Å². The second-order valence-electron chi connectivity index (χ2n) is 4.75. The van der Waals surface area contributed by atoms with Gasteiger partial charge in [0.15, 0.2) is 0 Å². The summed E-state index contributed by atoms with van der Waals surface area (Å²) in [6.45, 7) is 4.77. The molecule has 0 atom stereocenters. The van der Waals surface area contributed by atoms with Crippen molar-refractivity contribution in [2.75, 3.05) is 0 Å². The van der Waals surface area contributed by atoms with E-state index in [1.807, 2.05) is 44.2 Å². The molecule has 2 aromatic rings. The van der Waals surface area contributed by atoms with E-state index in [9.17, 15) is 4.79 Å². The Kier molecular flexibility index (Phi) is 4.34. The minimum atomic E-state index is -0.0429. The molecule has 0 saturated heterocycles. The van der Waals surface area contributed by atoms with Gasteiger partial charge in [-0.25, -0.2) is 0 Å². The van der Waals surface area contributed by atoms with Crippen molar-refractivity contribution < 1.29 is 9.21 Å². The molecule has 0 aliphatic rings. The summed E-state index contributed by atoms with van der Waals surface area (Å²) >= 11 is 0. The molecule has 0 fully saturated rings. The molecule has 0 unspecified atom stereocenters. The zero-order valence-electron chi connectivity index (χ0n) is 11.2. The van der Waals surface area contributed by atoms with Crippen molar-refractivity contribution in [3.8, 4) is 0 Å². The molecule has 4 heteroatoms. The lowest BCUT2D eigenvalue weighted by Crippen LogP contribution is -2.33. The van der Waals surface area contributed by atoms with Crippen LogP contribution in [0.5, 0.6) is 0 Å². The van der Waals surface area contributed by atoms with Crippen LogP contribution < -0.4 is 0 Å². The third-order valence-electron chi connectivity index (χ3n) is 2.81. The SMILES string of the molecule is CC(C)C(=O)N(Cc1ccccn1)Cc1ccco1. The maximum absolute atomic E-state index is 12.2. The lowest BCUT2D eigenvalue weighted by Gasteiger charge is -2.23. The van der Waals surface area contributed by atoms with Crippen LogP contribution in [0, 0.1) is 5.92 Å². The molecule has 0 N–H and O–H groups in total. The Bertz CT molecular complexity index is 506. The Hall–Kier alpha value is -2.10. The number of aromatic nitrogens is 1. The number of hydrogen-bond acceptors (Lipinski definition) is 3. The Morgan fingerprint density at radius 1 is 1.26 bits per heavy atom. The second kappa shape index (κ2) is 6.18. The number of carbonyl (C=O) groups is 1. The van der Waals surface area contributed by atoms with Gasteiger partial charge in [-0.1, -0.05) is 19.9 Å². The molecule has 4 nitrogen and oxygen atoms in total. The highest BCUT2D eigenvalue weighted by molar-refractivity contribution is 5.78. The molecule has 0 bridgehead atoms. The van der Waals surface area contributed by atoms with Gasteiger partial charge in [-0.2, -0.15) is 0 Å². The van der Waals surface area contributed by atoms with E-state index in [0.29, 0.717) is 13.1 Å². The third-order valence-corrected chi connectivity index (χ3v) is 2.81. The Morgan fingerprint density at radius 3 is 2.68 bits per heavy atom. The minimum Gasteiger partial charge on any atom is -0.467 e. The van der Waals surface area contributed by atoms with E-state index in [1.165, 1.54) is 0 Å². The van der Waals surface area contributed by atoms with E-state index in [0.717, 1.165) is 11.5 Å². The van der Waals surface area contributed by atoms with E-state index in [4.69, 9.17) is 4.42 Å². The summed E-state index contributed by atoms with van der Waals surface area (Å²) in [7, 11) is 0. The van der Waals surface area contributed by atoms with Crippen LogP contribution in [0.25, 0.3) is 0 Å². The molecule has 0 radical (unpaired) electrons. The predicted molar refractivity (Wildman–Crippen MR) is 72.0 cm³/mol. The molecular weight excluding hydrogens is 240 g/mol. The number of furan rings is 1. The number of rotatable bonds is 5. The zero-order valence-corrected chi connectivity index (χ0v) is 11.2. The van der Waals surface area contributed by atoms with Gasteiger partial charge >= 0.3 is 0 Å². The molecule has 0 aliphatic carbocycles. The molecule has 0 aliphatic heterocycles. The lowest BCUT2D eigenvalue weighted by molar-refractivity contribution is -0.136. The Balaban J connectivity index is 2.12. The minimum absolute atomic E-state index is 0.0429. The summed E-state index contributed by atoms with van der Waals surface area (Å²) in [6.07, 6.45) is 3.36. The summed E-state index contributed by atoms with van der Waals surface area (Å²) in [5.41, 5.74) is 0.878. The molecule has 19 heavy (non-hydrogen) atoms. The van der Waals surface area contributed by atoms with Crippen LogP contribution in [0.3, 0.4) is 0 Å². The van der Waals surface area contributed by atoms with Gasteiger partial charge in [0, 0.05) is 12.1 Å². The Morgan fingerprint density at radius 2 is 2.11 bits per heavy atom. The highest BCUT2D eigenvalue weighted by atomic mass is 16.3. The normalized spacial score (nSPS) is 10.7. The molecule has 0 aromatic carbocycles. The fraction of sp³-hybridized carbons (Fsp3) is 0.333. The molecular formula is C15H18N2O2. The van der Waals surface area contributed by atoms with Crippen LogP contribution in [0.1, 0.15) is 25.3 Å². The molecule has 100 valence electrons. The smallest absolute Gasteiger partial charge is 0.225 e. The molecule has 0 spiro atoms. The van der Waals surface area contributed by atoms with Crippen molar-refractivity contribution in [1.29, 1.82) is 0 Å². The van der Waals surface area contributed by atoms with Gasteiger partial charge < -0.3 is 9.32 Å². The first kappa shape index (κ1) is 13.3. The number of amides is 1. The summed E-state index contributed by atoms with van der Waals surface area (Å²) in [5, 5.41) is 0. The quantitative estimate of drug-likeness (QED) is 0.828. The van der Waals surface area contributed by atoms with Gasteiger partial charge in [0.05, 0.1) is 25.0 Å². The molecule has 2 heterocycles. The predicted octanol–water partition coefficient (Wildman–Crippen LogP) is 2.86. The first-order valence-electron chi connectivity index (χ1n) is 6.38. The maximum atomic E-state index is 12.2. The Labute approximate surface area is 113 Å². The first-order valence-corrected chi connectivity index (χ1v) is 6.38. The molecule has 0 saturated carbocycles. The number of hydrogen-bond donors (Lipinski definition) is 0. The topological polar surface area (TPSA) is 46.3 Å². The van der Waals surface area contributed by atoms with Gasteiger partial charge in [0.1, 0.15) is 5.76 Å². The van der Waals surface area contributed by atoms with Gasteiger partial charge in [-0.15, -0.1) is 0 Å². The number of carbonyl (C=O) groups excluding carboxylic acids is 1. The van der Waals surface area contributed by atoms with E-state index in [2.05, 4.69) is 4.98 Å². The van der Waals surface area contributed by atoms with Crippen LogP contribution in [0.4, 0.5) is 0 Å². The fourth-order valence-corrected chi connectivity index (χ4v) is 1.85. The third kappa shape index (κ3) is 3.68. The van der Waals surface area contributed by atoms with Crippen molar-refractivity contribution in [3.05, 3.63) is 54.2 Å². The van der Waals surface area contributed by atoms with Crippen LogP contribution in [-0.2, 0) is 17.9 Å². The van der Waals surface area contributed by atoms with Crippen molar-refractivity contribution >= 4 is 5.91 Å². The van der Waals surface area contributed by atoms with Crippen LogP contribution in [-0.4, -0.2) is 15.8 Å². The van der Waals surface area contributed by atoms with Gasteiger partial charge in [-0.3, -0.25) is 9.78 Å². The largest absolute Gasteiger partial charge is 0.467 e. The van der Waals surface area contributed by atoms with E-state index in [1.54, 1.807) is 17.4 Å². The van der Waals surface area contributed by atoms with Crippen LogP contribution in [0.15, 0.2) is 47.2 Å². The van der Waals surface area contributed by atoms with Crippen LogP contribution >= 0.6 is 0 Å². The van der Waals surface area contributed by atoms with Crippen molar-refractivity contribution in [1.82, 2.24) is 9.88 Å². The van der Waals surface area contributed by atoms with Gasteiger partial charge in [0.25, 0.3) is 0 Å². The van der Waals surface area contributed by atoms with Gasteiger partial charge in [-0.05, 0) is 24.3 Å². The summed E-state index contributed by atoms with van der Waals surface area (Å²) in [6, 6.07) is 9.41. The van der Waals surface area contributed by atoms with Crippen molar-refractivity contribution in [2.24, 2.45) is 5.92 Å². The lowest BCUT2D eigenvalue weighted by atomic mass is 10.1. The average Bonchev–Trinajstić information content (AvgIpc) is 2.91. The summed E-state index contributed by atoms with van der Waals surface area (Å²) in [5.74, 6) is 0.839. The second-order valence-corrected chi connectivity index (χ2v) is 4.75. The number of nitrogens with zero attached hydrogens (tertiary/aromatic N) is 2. The number of pyridine rings is 1. The van der Waals surface area contributed by atoms with Crippen molar-refractivity contribution in [2.45, 2.75) is 26.9 Å². The summed E-state index contributed by atoms with van der Waals surface area (Å²) in [4.78, 5) is 18.3. The maximum Gasteiger partial charge on any atom is 0.225 e. The monoisotopic (exact) mass is 258 g/mol. The highest BCUT2D eigenvalue weighted by Crippen LogP contribution is 2.12. The first-order chi connectivity index (χ1) is 9.16. The molecule has 2 rings (SSSR count). The zero-order chi connectivity index (χ0) is 13.7. The summed E-state index contributed by atoms with van der Waals surface area (Å²) < 4.78 is 5.32. The average molecular weight is 258 g/mol. The van der Waals surface area contributed by atoms with E-state index < -0.39 is 0 Å². The van der Waals surface area contributed by atoms with Crippen LogP contribution in [0.2, 0.25) is 0 Å². The molecule has 1 amide bonds.